The summed E-state index contributed by atoms with van der Waals surface area (Å²) in [6, 6.07) is 10.2. The average Bonchev–Trinajstić information content (AvgIpc) is 2.63. The quantitative estimate of drug-likeness (QED) is 0.493. The van der Waals surface area contributed by atoms with Gasteiger partial charge in [-0.25, -0.2) is 5.43 Å². The number of hydrogen-bond donors (Lipinski definition) is 1. The maximum atomic E-state index is 11.8. The molecular weight excluding hydrogens is 391 g/mol. The molecule has 0 fully saturated rings. The third kappa shape index (κ3) is 6.66. The van der Waals surface area contributed by atoms with Crippen molar-refractivity contribution in [3.05, 3.63) is 52.0 Å². The van der Waals surface area contributed by atoms with Gasteiger partial charge in [-0.2, -0.15) is 5.10 Å². The predicted octanol–water partition coefficient (Wildman–Crippen LogP) is 4.32. The second kappa shape index (κ2) is 10.6. The van der Waals surface area contributed by atoms with Gasteiger partial charge in [-0.15, -0.1) is 0 Å². The Kier molecular flexibility index (Phi) is 8.23. The van der Waals surface area contributed by atoms with Crippen LogP contribution in [-0.4, -0.2) is 31.9 Å². The number of carbonyl (C=O) groups excluding carboxylic acids is 1. The third-order valence-electron chi connectivity index (χ3n) is 3.22. The number of carbonyl (C=O) groups is 1. The number of nitrogens with one attached hydrogen (secondary N) is 1. The van der Waals surface area contributed by atoms with Crippen LogP contribution in [0.15, 0.2) is 41.5 Å². The summed E-state index contributed by atoms with van der Waals surface area (Å²) in [7, 11) is 0. The SMILES string of the molecule is CCOc1ccc(/C=N/NC(=O)COc2ccc(Cl)cc2Cl)cc1OCC. The third-order valence-corrected chi connectivity index (χ3v) is 3.75. The molecule has 0 unspecified atom stereocenters. The van der Waals surface area contributed by atoms with Crippen molar-refractivity contribution >= 4 is 35.3 Å². The molecule has 0 aliphatic heterocycles. The monoisotopic (exact) mass is 410 g/mol. The van der Waals surface area contributed by atoms with Gasteiger partial charge in [-0.3, -0.25) is 4.79 Å². The number of nitrogens with zero attached hydrogens (tertiary/aromatic N) is 1. The van der Waals surface area contributed by atoms with Crippen LogP contribution in [0.1, 0.15) is 19.4 Å². The molecule has 1 amide bonds. The van der Waals surface area contributed by atoms with Crippen molar-refractivity contribution in [2.24, 2.45) is 5.10 Å². The maximum Gasteiger partial charge on any atom is 0.277 e. The summed E-state index contributed by atoms with van der Waals surface area (Å²) in [6.07, 6.45) is 1.51. The zero-order valence-electron chi connectivity index (χ0n) is 15.0. The number of ether oxygens (including phenoxy) is 3. The lowest BCUT2D eigenvalue weighted by atomic mass is 10.2. The lowest BCUT2D eigenvalue weighted by Gasteiger charge is -2.11. The molecule has 0 radical (unpaired) electrons. The molecular formula is C19H20Cl2N2O4. The number of benzene rings is 2. The first-order chi connectivity index (χ1) is 13.0. The molecule has 0 bridgehead atoms. The maximum absolute atomic E-state index is 11.8. The molecule has 0 saturated heterocycles. The summed E-state index contributed by atoms with van der Waals surface area (Å²) >= 11 is 11.8. The Bertz CT molecular complexity index is 812. The molecule has 6 nitrogen and oxygen atoms in total. The Morgan fingerprint density at radius 3 is 2.41 bits per heavy atom. The van der Waals surface area contributed by atoms with Crippen molar-refractivity contribution in [3.8, 4) is 17.2 Å². The van der Waals surface area contributed by atoms with Gasteiger partial charge >= 0.3 is 0 Å². The van der Waals surface area contributed by atoms with Crippen molar-refractivity contribution in [2.45, 2.75) is 13.8 Å². The summed E-state index contributed by atoms with van der Waals surface area (Å²) in [4.78, 5) is 11.8. The summed E-state index contributed by atoms with van der Waals surface area (Å²) in [5.41, 5.74) is 3.14. The van der Waals surface area contributed by atoms with E-state index < -0.39 is 5.91 Å². The normalized spacial score (nSPS) is 10.7. The number of halogens is 2. The van der Waals surface area contributed by atoms with Crippen LogP contribution < -0.4 is 19.6 Å². The number of amides is 1. The van der Waals surface area contributed by atoms with Gasteiger partial charge in [0.15, 0.2) is 18.1 Å². The minimum absolute atomic E-state index is 0.230. The lowest BCUT2D eigenvalue weighted by molar-refractivity contribution is -0.123. The van der Waals surface area contributed by atoms with Crippen molar-refractivity contribution in [2.75, 3.05) is 19.8 Å². The summed E-state index contributed by atoms with van der Waals surface area (Å²) in [5.74, 6) is 1.23. The molecule has 1 N–H and O–H groups in total. The van der Waals surface area contributed by atoms with E-state index in [1.54, 1.807) is 24.3 Å². The van der Waals surface area contributed by atoms with E-state index in [0.717, 1.165) is 5.56 Å². The highest BCUT2D eigenvalue weighted by atomic mass is 35.5. The molecule has 27 heavy (non-hydrogen) atoms. The van der Waals surface area contributed by atoms with Crippen molar-refractivity contribution in [1.29, 1.82) is 0 Å². The van der Waals surface area contributed by atoms with E-state index in [0.29, 0.717) is 40.5 Å². The van der Waals surface area contributed by atoms with E-state index in [-0.39, 0.29) is 6.61 Å². The number of hydrogen-bond acceptors (Lipinski definition) is 5. The molecule has 2 aromatic carbocycles. The average molecular weight is 411 g/mol. The standard InChI is InChI=1S/C19H20Cl2N2O4/c1-3-25-17-7-5-13(9-18(17)26-4-2)11-22-23-19(24)12-27-16-8-6-14(20)10-15(16)21/h5-11H,3-4,12H2,1-2H3,(H,23,24)/b22-11+. The van der Waals surface area contributed by atoms with Gasteiger partial charge in [0.25, 0.3) is 5.91 Å². The van der Waals surface area contributed by atoms with Crippen LogP contribution in [0.3, 0.4) is 0 Å². The molecule has 0 spiro atoms. The first kappa shape index (κ1) is 20.9. The minimum Gasteiger partial charge on any atom is -0.490 e. The summed E-state index contributed by atoms with van der Waals surface area (Å²) < 4.78 is 16.4. The molecule has 0 aliphatic carbocycles. The van der Waals surface area contributed by atoms with Gasteiger partial charge in [-0.05, 0) is 55.8 Å². The van der Waals surface area contributed by atoms with E-state index in [1.165, 1.54) is 12.3 Å². The fraction of sp³-hybridized carbons (Fsp3) is 0.263. The van der Waals surface area contributed by atoms with Crippen LogP contribution in [0.2, 0.25) is 10.0 Å². The molecule has 144 valence electrons. The van der Waals surface area contributed by atoms with Gasteiger partial charge < -0.3 is 14.2 Å². The summed E-state index contributed by atoms with van der Waals surface area (Å²) in [5, 5.41) is 4.73. The Morgan fingerprint density at radius 2 is 1.70 bits per heavy atom. The van der Waals surface area contributed by atoms with Gasteiger partial charge in [0, 0.05) is 5.02 Å². The topological polar surface area (TPSA) is 69.2 Å². The van der Waals surface area contributed by atoms with E-state index in [1.807, 2.05) is 19.9 Å². The van der Waals surface area contributed by atoms with E-state index in [9.17, 15) is 4.79 Å². The molecule has 0 heterocycles. The first-order valence-corrected chi connectivity index (χ1v) is 9.08. The summed E-state index contributed by atoms with van der Waals surface area (Å²) in [6.45, 7) is 4.62. The first-order valence-electron chi connectivity index (χ1n) is 8.32. The molecule has 2 rings (SSSR count). The van der Waals surface area contributed by atoms with Crippen LogP contribution in [-0.2, 0) is 4.79 Å². The Hall–Kier alpha value is -2.44. The van der Waals surface area contributed by atoms with Crippen molar-refractivity contribution in [1.82, 2.24) is 5.43 Å². The second-order valence-corrected chi connectivity index (χ2v) is 6.07. The molecule has 8 heteroatoms. The van der Waals surface area contributed by atoms with Gasteiger partial charge in [-0.1, -0.05) is 23.2 Å². The van der Waals surface area contributed by atoms with Gasteiger partial charge in [0.05, 0.1) is 24.5 Å². The molecule has 0 atom stereocenters. The molecule has 0 aromatic heterocycles. The highest BCUT2D eigenvalue weighted by Crippen LogP contribution is 2.28. The van der Waals surface area contributed by atoms with Crippen LogP contribution in [0, 0.1) is 0 Å². The highest BCUT2D eigenvalue weighted by molar-refractivity contribution is 6.35. The van der Waals surface area contributed by atoms with Crippen molar-refractivity contribution < 1.29 is 19.0 Å². The van der Waals surface area contributed by atoms with Gasteiger partial charge in [0.2, 0.25) is 0 Å². The van der Waals surface area contributed by atoms with Crippen LogP contribution in [0.4, 0.5) is 0 Å². The highest BCUT2D eigenvalue weighted by Gasteiger charge is 2.07. The Balaban J connectivity index is 1.90. The van der Waals surface area contributed by atoms with Gasteiger partial charge in [0.1, 0.15) is 5.75 Å². The zero-order chi connectivity index (χ0) is 19.6. The number of hydrazone groups is 1. The largest absolute Gasteiger partial charge is 0.490 e. The van der Waals surface area contributed by atoms with Crippen LogP contribution in [0.5, 0.6) is 17.2 Å². The smallest absolute Gasteiger partial charge is 0.277 e. The molecule has 0 saturated carbocycles. The van der Waals surface area contributed by atoms with Crippen LogP contribution in [0.25, 0.3) is 0 Å². The molecule has 2 aromatic rings. The second-order valence-electron chi connectivity index (χ2n) is 5.23. The zero-order valence-corrected chi connectivity index (χ0v) is 16.5. The molecule has 0 aliphatic rings. The van der Waals surface area contributed by atoms with E-state index in [2.05, 4.69) is 10.5 Å². The van der Waals surface area contributed by atoms with Crippen LogP contribution >= 0.6 is 23.2 Å². The van der Waals surface area contributed by atoms with E-state index in [4.69, 9.17) is 37.4 Å². The lowest BCUT2D eigenvalue weighted by Crippen LogP contribution is -2.24. The van der Waals surface area contributed by atoms with Crippen molar-refractivity contribution in [3.63, 3.8) is 0 Å². The minimum atomic E-state index is -0.423. The fourth-order valence-corrected chi connectivity index (χ4v) is 2.56. The Morgan fingerprint density at radius 1 is 1.00 bits per heavy atom. The Labute approximate surface area is 168 Å². The fourth-order valence-electron chi connectivity index (χ4n) is 2.09. The number of rotatable bonds is 9. The van der Waals surface area contributed by atoms with E-state index >= 15 is 0 Å². The predicted molar refractivity (Wildman–Crippen MR) is 106 cm³/mol.